The highest BCUT2D eigenvalue weighted by Gasteiger charge is 2.50. The topological polar surface area (TPSA) is 229 Å². The van der Waals surface area contributed by atoms with Crippen molar-refractivity contribution in [3.05, 3.63) is 52.8 Å². The Morgan fingerprint density at radius 1 is 0.966 bits per heavy atom. The Morgan fingerprint density at radius 3 is 2.28 bits per heavy atom. The van der Waals surface area contributed by atoms with Gasteiger partial charge >= 0.3 is 11.8 Å². The van der Waals surface area contributed by atoms with Gasteiger partial charge in [0.25, 0.3) is 11.7 Å². The molecule has 0 aromatic heterocycles. The molecule has 4 aliphatic rings. The van der Waals surface area contributed by atoms with Crippen LogP contribution in [0.25, 0.3) is 10.8 Å². The number of aliphatic hydroxyl groups is 2. The van der Waals surface area contributed by atoms with Gasteiger partial charge in [0.1, 0.15) is 23.4 Å². The van der Waals surface area contributed by atoms with E-state index < -0.39 is 88.8 Å². The molecule has 7 N–H and O–H groups in total. The van der Waals surface area contributed by atoms with Gasteiger partial charge in [-0.05, 0) is 19.9 Å². The van der Waals surface area contributed by atoms with E-state index in [1.807, 2.05) is 0 Å². The molecule has 316 valence electrons. The first kappa shape index (κ1) is 44.0. The van der Waals surface area contributed by atoms with Gasteiger partial charge < -0.3 is 55.1 Å². The molecule has 1 unspecified atom stereocenters. The fourth-order valence-electron chi connectivity index (χ4n) is 7.78. The second kappa shape index (κ2) is 17.8. The minimum absolute atomic E-state index is 0.0544. The number of hydrogen-bond acceptors (Lipinski definition) is 15. The Balaban J connectivity index is 1.71. The van der Waals surface area contributed by atoms with Crippen LogP contribution in [0.3, 0.4) is 0 Å². The number of fused-ring (bicyclic) bond motifs is 14. The summed E-state index contributed by atoms with van der Waals surface area (Å²) in [7, 11) is 1.44. The molecule has 2 aromatic carbocycles. The zero-order chi connectivity index (χ0) is 42.8. The highest BCUT2D eigenvalue weighted by Crippen LogP contribution is 2.55. The summed E-state index contributed by atoms with van der Waals surface area (Å²) in [5.41, 5.74) is -0.364. The highest BCUT2D eigenvalue weighted by molar-refractivity contribution is 6.23. The van der Waals surface area contributed by atoms with Gasteiger partial charge in [0.2, 0.25) is 0 Å². The maximum Gasteiger partial charge on any atom is 0.312 e. The lowest BCUT2D eigenvalue weighted by molar-refractivity contribution is -0.160. The summed E-state index contributed by atoms with van der Waals surface area (Å²) in [4.78, 5) is 40.4. The fourth-order valence-corrected chi connectivity index (χ4v) is 7.78. The molecule has 2 aromatic rings. The number of anilines is 1. The summed E-state index contributed by atoms with van der Waals surface area (Å²) >= 11 is 0. The minimum atomic E-state index is -2.04. The Labute approximate surface area is 337 Å². The van der Waals surface area contributed by atoms with Crippen molar-refractivity contribution in [2.75, 3.05) is 38.6 Å². The predicted molar refractivity (Wildman–Crippen MR) is 216 cm³/mol. The molecule has 1 fully saturated rings. The van der Waals surface area contributed by atoms with Crippen LogP contribution in [0, 0.1) is 30.6 Å². The number of rotatable bonds is 4. The number of piperazine rings is 1. The molecule has 0 spiro atoms. The average Bonchev–Trinajstić information content (AvgIpc) is 3.46. The molecule has 4 aliphatic heterocycles. The molecular weight excluding hydrogens is 752 g/mol. The zero-order valence-corrected chi connectivity index (χ0v) is 34.4. The van der Waals surface area contributed by atoms with Crippen molar-refractivity contribution in [2.24, 2.45) is 28.8 Å². The van der Waals surface area contributed by atoms with Gasteiger partial charge in [0, 0.05) is 87.3 Å². The number of aromatic hydroxyl groups is 3. The number of allylic oxidation sites excluding steroid dienone is 2. The lowest BCUT2D eigenvalue weighted by atomic mass is 9.78. The third kappa shape index (κ3) is 8.51. The van der Waals surface area contributed by atoms with Crippen molar-refractivity contribution in [1.82, 2.24) is 10.3 Å². The largest absolute Gasteiger partial charge is 0.507 e. The van der Waals surface area contributed by atoms with E-state index in [1.165, 1.54) is 59.4 Å². The quantitative estimate of drug-likeness (QED) is 0.100. The first-order chi connectivity index (χ1) is 27.3. The molecule has 0 aliphatic carbocycles. The number of nitrogens with one attached hydrogen (secondary N) is 2. The lowest BCUT2D eigenvalue weighted by Gasteiger charge is -2.38. The summed E-state index contributed by atoms with van der Waals surface area (Å²) in [6, 6.07) is 0. The van der Waals surface area contributed by atoms with Gasteiger partial charge in [0.05, 0.1) is 53.0 Å². The normalized spacial score (nSPS) is 32.1. The van der Waals surface area contributed by atoms with Crippen molar-refractivity contribution >= 4 is 40.3 Å². The number of esters is 1. The van der Waals surface area contributed by atoms with Crippen molar-refractivity contribution in [3.8, 4) is 23.0 Å². The average molecular weight is 809 g/mol. The number of carbonyl (C=O) groups excluding carboxylic acids is 3. The van der Waals surface area contributed by atoms with E-state index in [0.717, 1.165) is 0 Å². The van der Waals surface area contributed by atoms with Crippen molar-refractivity contribution in [2.45, 2.75) is 85.6 Å². The van der Waals surface area contributed by atoms with Crippen molar-refractivity contribution < 1.29 is 58.9 Å². The van der Waals surface area contributed by atoms with E-state index >= 15 is 0 Å². The number of methoxy groups -OCH3 is 1. The number of ketones is 1. The monoisotopic (exact) mass is 808 g/mol. The van der Waals surface area contributed by atoms with Crippen LogP contribution >= 0.6 is 0 Å². The third-order valence-electron chi connectivity index (χ3n) is 11.5. The Morgan fingerprint density at radius 2 is 1.64 bits per heavy atom. The number of amides is 1. The van der Waals surface area contributed by atoms with E-state index in [9.17, 15) is 39.9 Å². The molecule has 6 rings (SSSR count). The summed E-state index contributed by atoms with van der Waals surface area (Å²) in [5.74, 6) is -8.36. The van der Waals surface area contributed by atoms with Gasteiger partial charge in [-0.3, -0.25) is 19.4 Å². The molecule has 16 nitrogen and oxygen atoms in total. The molecule has 1 saturated heterocycles. The number of hydrazone groups is 1. The lowest BCUT2D eigenvalue weighted by Crippen LogP contribution is -2.46. The first-order valence-corrected chi connectivity index (χ1v) is 19.4. The van der Waals surface area contributed by atoms with E-state index in [4.69, 9.17) is 18.9 Å². The molecule has 4 heterocycles. The number of phenols is 3. The number of hydrogen-bond donors (Lipinski definition) is 7. The second-order valence-corrected chi connectivity index (χ2v) is 15.6. The molecule has 58 heavy (non-hydrogen) atoms. The van der Waals surface area contributed by atoms with Crippen molar-refractivity contribution in [1.29, 1.82) is 0 Å². The number of nitrogens with zero attached hydrogens (tertiary/aromatic N) is 2. The molecule has 0 saturated carbocycles. The smallest absolute Gasteiger partial charge is 0.312 e. The van der Waals surface area contributed by atoms with Crippen LogP contribution in [0.4, 0.5) is 5.69 Å². The molecular formula is C42H56N4O12. The highest BCUT2D eigenvalue weighted by atomic mass is 16.7. The Bertz CT molecular complexity index is 2040. The number of ether oxygens (including phenoxy) is 4. The maximum absolute atomic E-state index is 14.4. The van der Waals surface area contributed by atoms with E-state index in [0.29, 0.717) is 26.2 Å². The second-order valence-electron chi connectivity index (χ2n) is 15.6. The standard InChI is InChI=1S/C42H56N4O12/c1-20-11-10-12-21(2)41(54)45-32-27(19-44-46-16-14-43-15-17-46)36(51)29-30(37(32)52)35(50)25(6)39-31(29)40(53)42(8,58-39)56-18-13-28(55-9)22(3)38(57-26(7)47)24(5)34(49)23(4)33(20)48/h10-13,18-20,22-24,28,33-34,38,43,48-52H,14-17H2,1-9H3,(H,45,54)/b11-10+,18-13+,21-12-,44-19-/t20-,22+,23+,24+,28-,33-,34+,38?,42-/m0/s1. The van der Waals surface area contributed by atoms with Gasteiger partial charge in [0.15, 0.2) is 5.75 Å². The number of carbonyl (C=O) groups is 3. The molecule has 9 atom stereocenters. The molecule has 0 radical (unpaired) electrons. The number of phenolic OH excluding ortho intramolecular Hbond substituents is 3. The van der Waals surface area contributed by atoms with Crippen molar-refractivity contribution in [3.63, 3.8) is 0 Å². The predicted octanol–water partition coefficient (Wildman–Crippen LogP) is 3.99. The van der Waals surface area contributed by atoms with Crippen LogP contribution in [0.5, 0.6) is 23.0 Å². The number of benzene rings is 2. The van der Waals surface area contributed by atoms with E-state index in [1.54, 1.807) is 44.9 Å². The molecule has 16 heteroatoms. The zero-order valence-electron chi connectivity index (χ0n) is 34.4. The molecule has 5 bridgehead atoms. The van der Waals surface area contributed by atoms with Gasteiger partial charge in [-0.1, -0.05) is 45.9 Å². The summed E-state index contributed by atoms with van der Waals surface area (Å²) in [5, 5.41) is 69.8. The van der Waals surface area contributed by atoms with Crippen LogP contribution < -0.4 is 15.4 Å². The van der Waals surface area contributed by atoms with Gasteiger partial charge in [-0.25, -0.2) is 0 Å². The molecule has 1 amide bonds. The van der Waals surface area contributed by atoms with E-state index in [2.05, 4.69) is 15.7 Å². The summed E-state index contributed by atoms with van der Waals surface area (Å²) in [6.45, 7) is 14.9. The van der Waals surface area contributed by atoms with Crippen LogP contribution in [-0.2, 0) is 23.8 Å². The summed E-state index contributed by atoms with van der Waals surface area (Å²) in [6.07, 6.45) is 4.83. The van der Waals surface area contributed by atoms with Crippen LogP contribution in [-0.4, -0.2) is 118 Å². The van der Waals surface area contributed by atoms with Crippen LogP contribution in [0.2, 0.25) is 0 Å². The third-order valence-corrected chi connectivity index (χ3v) is 11.5. The van der Waals surface area contributed by atoms with Gasteiger partial charge in [-0.15, -0.1) is 0 Å². The number of aliphatic hydroxyl groups excluding tert-OH is 2. The fraction of sp³-hybridized carbons (Fsp3) is 0.524. The van der Waals surface area contributed by atoms with Crippen LogP contribution in [0.15, 0.2) is 41.2 Å². The van der Waals surface area contributed by atoms with E-state index in [-0.39, 0.29) is 44.5 Å². The summed E-state index contributed by atoms with van der Waals surface area (Å²) < 4.78 is 23.6. The maximum atomic E-state index is 14.4. The van der Waals surface area contributed by atoms with Crippen LogP contribution in [0.1, 0.15) is 70.0 Å². The SMILES string of the molecule is CO[C@H]1/C=C/O[C@@]2(C)Oc3c(C)c(O)c4c(O)c(c(/C=N\N5CCNCC5)c(O)c4c3C2=O)NC(=O)/C(C)=C\C=C\[C@H](C)[C@H](O)[C@@H](C)[C@@H](O)[C@@H](C)C(OC(C)=O)[C@@H]1C. The Kier molecular flexibility index (Phi) is 13.5. The Hall–Kier alpha value is -5.16. The first-order valence-electron chi connectivity index (χ1n) is 19.4. The van der Waals surface area contributed by atoms with Gasteiger partial charge in [-0.2, -0.15) is 5.10 Å². The minimum Gasteiger partial charge on any atom is -0.507 e. The number of Topliss-reactive ketones (excluding diaryl/α,β-unsaturated/α-hetero) is 1.